The van der Waals surface area contributed by atoms with Gasteiger partial charge in [0, 0.05) is 33.1 Å². The van der Waals surface area contributed by atoms with Gasteiger partial charge in [-0.3, -0.25) is 4.57 Å². The molecule has 5 heteroatoms. The Morgan fingerprint density at radius 2 is 1.13 bits per heavy atom. The predicted molar refractivity (Wildman–Crippen MR) is 214 cm³/mol. The molecule has 0 saturated heterocycles. The smallest absolute Gasteiger partial charge is 0.160 e. The molecule has 10 aromatic rings. The van der Waals surface area contributed by atoms with Gasteiger partial charge in [0.05, 0.1) is 22.1 Å². The molecule has 0 fully saturated rings. The van der Waals surface area contributed by atoms with Crippen LogP contribution in [0.3, 0.4) is 0 Å². The molecule has 248 valence electrons. The van der Waals surface area contributed by atoms with Gasteiger partial charge in [0.2, 0.25) is 0 Å². The van der Waals surface area contributed by atoms with Crippen LogP contribution in [0.4, 0.5) is 17.1 Å². The number of furan rings is 1. The minimum atomic E-state index is 0.789. The van der Waals surface area contributed by atoms with Crippen molar-refractivity contribution in [3.8, 4) is 50.9 Å². The van der Waals surface area contributed by atoms with E-state index in [1.165, 1.54) is 5.56 Å². The number of ether oxygens (including phenoxy) is 2. The topological polar surface area (TPSA) is 39.8 Å². The lowest BCUT2D eigenvalue weighted by Crippen LogP contribution is -2.11. The molecule has 8 aromatic carbocycles. The standard InChI is InChI=1S/C48H28N2O3/c1-2-10-29(11-3-1)31-12-6-13-33(28-31)49(38-16-8-18-40-44(38)37-14-4-5-17-39(37)51-40)32-24-22-30(23-25-32)34-26-27-36-35-15-7-19-41-45(35)50-46(36)48(34)53-43-21-9-20-42(52-41)47(43)50/h1-28H. The first-order chi connectivity index (χ1) is 26.3. The lowest BCUT2D eigenvalue weighted by atomic mass is 10.00. The zero-order valence-corrected chi connectivity index (χ0v) is 28.3. The van der Waals surface area contributed by atoms with E-state index in [0.717, 1.165) is 106 Å². The average molecular weight is 681 g/mol. The van der Waals surface area contributed by atoms with Gasteiger partial charge in [-0.25, -0.2) is 0 Å². The number of hydrogen-bond donors (Lipinski definition) is 0. The number of rotatable bonds is 5. The van der Waals surface area contributed by atoms with Crippen molar-refractivity contribution in [2.24, 2.45) is 0 Å². The van der Waals surface area contributed by atoms with E-state index < -0.39 is 0 Å². The molecule has 53 heavy (non-hydrogen) atoms. The van der Waals surface area contributed by atoms with Gasteiger partial charge in [0.1, 0.15) is 16.9 Å². The molecule has 12 rings (SSSR count). The van der Waals surface area contributed by atoms with Crippen LogP contribution in [0.5, 0.6) is 23.0 Å². The average Bonchev–Trinajstić information content (AvgIpc) is 3.77. The van der Waals surface area contributed by atoms with E-state index >= 15 is 0 Å². The van der Waals surface area contributed by atoms with E-state index in [-0.39, 0.29) is 0 Å². The lowest BCUT2D eigenvalue weighted by Gasteiger charge is -2.28. The first-order valence-corrected chi connectivity index (χ1v) is 17.8. The highest BCUT2D eigenvalue weighted by Gasteiger charge is 2.33. The molecule has 0 amide bonds. The predicted octanol–water partition coefficient (Wildman–Crippen LogP) is 13.7. The molecular weight excluding hydrogens is 653 g/mol. The van der Waals surface area contributed by atoms with Crippen molar-refractivity contribution in [1.29, 1.82) is 0 Å². The van der Waals surface area contributed by atoms with Gasteiger partial charge in [-0.05, 0) is 83.4 Å². The van der Waals surface area contributed by atoms with E-state index in [4.69, 9.17) is 13.9 Å². The Labute approximate surface area is 304 Å². The van der Waals surface area contributed by atoms with Crippen molar-refractivity contribution in [3.63, 3.8) is 0 Å². The zero-order chi connectivity index (χ0) is 34.6. The zero-order valence-electron chi connectivity index (χ0n) is 28.3. The number of nitrogens with zero attached hydrogens (tertiary/aromatic N) is 2. The Bertz CT molecular complexity index is 3120. The maximum absolute atomic E-state index is 6.80. The van der Waals surface area contributed by atoms with Gasteiger partial charge in [0.25, 0.3) is 0 Å². The van der Waals surface area contributed by atoms with Crippen molar-refractivity contribution in [2.45, 2.75) is 0 Å². The summed E-state index contributed by atoms with van der Waals surface area (Å²) in [4.78, 5) is 2.34. The first kappa shape index (κ1) is 28.5. The monoisotopic (exact) mass is 680 g/mol. The number of hydrogen-bond acceptors (Lipinski definition) is 4. The number of benzene rings is 8. The minimum Gasteiger partial charge on any atom is -0.456 e. The third-order valence-electron chi connectivity index (χ3n) is 10.8. The molecular formula is C48H28N2O3. The van der Waals surface area contributed by atoms with Crippen molar-refractivity contribution in [2.75, 3.05) is 4.90 Å². The maximum atomic E-state index is 6.80. The van der Waals surface area contributed by atoms with Crippen LogP contribution in [0, 0.1) is 0 Å². The molecule has 5 nitrogen and oxygen atoms in total. The molecule has 0 N–H and O–H groups in total. The maximum Gasteiger partial charge on any atom is 0.160 e. The minimum absolute atomic E-state index is 0.789. The summed E-state index contributed by atoms with van der Waals surface area (Å²) < 4.78 is 21.9. The van der Waals surface area contributed by atoms with Crippen LogP contribution in [0.15, 0.2) is 174 Å². The summed E-state index contributed by atoms with van der Waals surface area (Å²) >= 11 is 0. The second-order valence-corrected chi connectivity index (χ2v) is 13.7. The summed E-state index contributed by atoms with van der Waals surface area (Å²) in [6.45, 7) is 0. The molecule has 0 aliphatic carbocycles. The fraction of sp³-hybridized carbons (Fsp3) is 0. The van der Waals surface area contributed by atoms with Crippen molar-refractivity contribution in [3.05, 3.63) is 170 Å². The normalized spacial score (nSPS) is 12.5. The number of para-hydroxylation sites is 3. The van der Waals surface area contributed by atoms with Gasteiger partial charge in [0.15, 0.2) is 23.0 Å². The molecule has 2 aliphatic rings. The third kappa shape index (κ3) is 4.02. The first-order valence-electron chi connectivity index (χ1n) is 17.8. The Balaban J connectivity index is 1.05. The van der Waals surface area contributed by atoms with Gasteiger partial charge >= 0.3 is 0 Å². The number of anilines is 3. The summed E-state index contributed by atoms with van der Waals surface area (Å²) in [5.74, 6) is 3.31. The van der Waals surface area contributed by atoms with Crippen LogP contribution in [-0.4, -0.2) is 4.57 Å². The molecule has 0 atom stereocenters. The van der Waals surface area contributed by atoms with Crippen LogP contribution in [-0.2, 0) is 0 Å². The van der Waals surface area contributed by atoms with E-state index in [1.54, 1.807) is 0 Å². The molecule has 0 bridgehead atoms. The third-order valence-corrected chi connectivity index (χ3v) is 10.8. The lowest BCUT2D eigenvalue weighted by molar-refractivity contribution is 0.445. The largest absolute Gasteiger partial charge is 0.456 e. The Hall–Kier alpha value is -7.24. The number of fused-ring (bicyclic) bond motifs is 4. The molecule has 0 radical (unpaired) electrons. The molecule has 0 spiro atoms. The van der Waals surface area contributed by atoms with Crippen LogP contribution in [0.1, 0.15) is 0 Å². The van der Waals surface area contributed by atoms with E-state index in [9.17, 15) is 0 Å². The highest BCUT2D eigenvalue weighted by atomic mass is 16.5. The molecule has 0 unspecified atom stereocenters. The fourth-order valence-electron chi connectivity index (χ4n) is 8.46. The second-order valence-electron chi connectivity index (χ2n) is 13.7. The van der Waals surface area contributed by atoms with E-state index in [1.807, 2.05) is 36.4 Å². The number of aromatic nitrogens is 1. The van der Waals surface area contributed by atoms with Crippen molar-refractivity contribution >= 4 is 60.8 Å². The molecule has 4 heterocycles. The second kappa shape index (κ2) is 10.6. The summed E-state index contributed by atoms with van der Waals surface area (Å²) in [7, 11) is 0. The summed E-state index contributed by atoms with van der Waals surface area (Å²) in [5.41, 5.74) is 12.4. The van der Waals surface area contributed by atoms with E-state index in [0.29, 0.717) is 0 Å². The van der Waals surface area contributed by atoms with Crippen LogP contribution >= 0.6 is 0 Å². The van der Waals surface area contributed by atoms with Gasteiger partial charge in [-0.15, -0.1) is 0 Å². The Morgan fingerprint density at radius 3 is 2.04 bits per heavy atom. The highest BCUT2D eigenvalue weighted by Crippen LogP contribution is 2.56. The Kier molecular flexibility index (Phi) is 5.71. The fourth-order valence-corrected chi connectivity index (χ4v) is 8.46. The van der Waals surface area contributed by atoms with Crippen molar-refractivity contribution < 1.29 is 13.9 Å². The summed E-state index contributed by atoms with van der Waals surface area (Å²) in [6.07, 6.45) is 0. The van der Waals surface area contributed by atoms with Gasteiger partial charge < -0.3 is 18.8 Å². The van der Waals surface area contributed by atoms with E-state index in [2.05, 4.69) is 143 Å². The van der Waals surface area contributed by atoms with Crippen LogP contribution < -0.4 is 14.4 Å². The molecule has 2 aromatic heterocycles. The molecule has 0 saturated carbocycles. The highest BCUT2D eigenvalue weighted by molar-refractivity contribution is 6.16. The summed E-state index contributed by atoms with van der Waals surface area (Å²) in [5, 5.41) is 4.47. The summed E-state index contributed by atoms with van der Waals surface area (Å²) in [6, 6.07) is 59.4. The molecule has 2 aliphatic heterocycles. The van der Waals surface area contributed by atoms with Gasteiger partial charge in [-0.1, -0.05) is 103 Å². The van der Waals surface area contributed by atoms with Crippen LogP contribution in [0.25, 0.3) is 71.7 Å². The SMILES string of the molecule is c1ccc(-c2cccc(N(c3ccc(-c4ccc5c6cccc7c6n6c5c4Oc4cccc(c4-6)O7)cc3)c3cccc4oc5ccccc5c34)c2)cc1. The quantitative estimate of drug-likeness (QED) is 0.181. The Morgan fingerprint density at radius 1 is 0.434 bits per heavy atom. The van der Waals surface area contributed by atoms with Crippen molar-refractivity contribution in [1.82, 2.24) is 4.57 Å². The van der Waals surface area contributed by atoms with Gasteiger partial charge in [-0.2, -0.15) is 0 Å². The van der Waals surface area contributed by atoms with Crippen LogP contribution in [0.2, 0.25) is 0 Å².